The molecule has 0 radical (unpaired) electrons. The van der Waals surface area contributed by atoms with Gasteiger partial charge in [0, 0.05) is 12.8 Å². The third-order valence-corrected chi connectivity index (χ3v) is 8.07. The second-order valence-electron chi connectivity index (χ2n) is 11.9. The summed E-state index contributed by atoms with van der Waals surface area (Å²) in [6.07, 6.45) is 32.2. The molecule has 0 saturated heterocycles. The Balaban J connectivity index is 3.96. The van der Waals surface area contributed by atoms with Crippen LogP contribution in [0, 0.1) is 0 Å². The number of carbonyl (C=O) groups excluding carboxylic acids is 2. The molecule has 8 nitrogen and oxygen atoms in total. The SMILES string of the molecule is C=CCCCCCCCCCCCCCCCC(=O)O[C@H](COC(=O)CCCCCCC/C=C/CCCC)COP(=O)(O)O. The quantitative estimate of drug-likeness (QED) is 0.0313. The number of phosphoric acid groups is 1. The zero-order valence-corrected chi connectivity index (χ0v) is 28.8. The molecule has 2 N–H and O–H groups in total. The first-order valence-corrected chi connectivity index (χ1v) is 19.1. The van der Waals surface area contributed by atoms with Crippen molar-refractivity contribution in [2.45, 2.75) is 174 Å². The third-order valence-electron chi connectivity index (χ3n) is 7.59. The molecule has 1 atom stereocenters. The fourth-order valence-electron chi connectivity index (χ4n) is 4.92. The van der Waals surface area contributed by atoms with Crippen LogP contribution < -0.4 is 0 Å². The molecule has 258 valence electrons. The molecule has 0 aliphatic carbocycles. The summed E-state index contributed by atoms with van der Waals surface area (Å²) in [5, 5.41) is 0. The van der Waals surface area contributed by atoms with E-state index in [1.54, 1.807) is 0 Å². The van der Waals surface area contributed by atoms with Gasteiger partial charge in [0.1, 0.15) is 6.61 Å². The Labute approximate surface area is 269 Å². The van der Waals surface area contributed by atoms with Gasteiger partial charge >= 0.3 is 19.8 Å². The number of hydrogen-bond donors (Lipinski definition) is 2. The van der Waals surface area contributed by atoms with Gasteiger partial charge in [-0.05, 0) is 44.9 Å². The van der Waals surface area contributed by atoms with Crippen molar-refractivity contribution in [3.8, 4) is 0 Å². The average molecular weight is 645 g/mol. The third kappa shape index (κ3) is 33.4. The Bertz CT molecular complexity index is 764. The van der Waals surface area contributed by atoms with Crippen molar-refractivity contribution in [1.82, 2.24) is 0 Å². The molecule has 0 bridgehead atoms. The molecule has 9 heteroatoms. The van der Waals surface area contributed by atoms with Gasteiger partial charge < -0.3 is 19.3 Å². The van der Waals surface area contributed by atoms with Crippen molar-refractivity contribution >= 4 is 19.8 Å². The van der Waals surface area contributed by atoms with Crippen LogP contribution in [0.25, 0.3) is 0 Å². The smallest absolute Gasteiger partial charge is 0.462 e. The van der Waals surface area contributed by atoms with Gasteiger partial charge in [-0.15, -0.1) is 6.58 Å². The number of hydrogen-bond acceptors (Lipinski definition) is 6. The van der Waals surface area contributed by atoms with E-state index >= 15 is 0 Å². The summed E-state index contributed by atoms with van der Waals surface area (Å²) in [7, 11) is -4.74. The zero-order chi connectivity index (χ0) is 32.6. The maximum Gasteiger partial charge on any atom is 0.469 e. The maximum atomic E-state index is 12.3. The Kier molecular flexibility index (Phi) is 30.5. The van der Waals surface area contributed by atoms with E-state index < -0.39 is 32.5 Å². The maximum absolute atomic E-state index is 12.3. The number of ether oxygens (including phenoxy) is 2. The molecule has 0 aliphatic heterocycles. The van der Waals surface area contributed by atoms with Crippen LogP contribution in [0.3, 0.4) is 0 Å². The monoisotopic (exact) mass is 644 g/mol. The lowest BCUT2D eigenvalue weighted by molar-refractivity contribution is -0.161. The van der Waals surface area contributed by atoms with Gasteiger partial charge in [0.25, 0.3) is 0 Å². The summed E-state index contributed by atoms with van der Waals surface area (Å²) >= 11 is 0. The van der Waals surface area contributed by atoms with Crippen molar-refractivity contribution in [3.63, 3.8) is 0 Å². The molecule has 0 unspecified atom stereocenters. The number of phosphoric ester groups is 1. The summed E-state index contributed by atoms with van der Waals surface area (Å²) in [6.45, 7) is 5.13. The summed E-state index contributed by atoms with van der Waals surface area (Å²) < 4.78 is 26.2. The first kappa shape index (κ1) is 42.5. The fourth-order valence-corrected chi connectivity index (χ4v) is 5.28. The zero-order valence-electron chi connectivity index (χ0n) is 27.9. The lowest BCUT2D eigenvalue weighted by Crippen LogP contribution is -2.29. The van der Waals surface area contributed by atoms with E-state index in [4.69, 9.17) is 19.3 Å². The predicted octanol–water partition coefficient (Wildman–Crippen LogP) is 10.1. The highest BCUT2D eigenvalue weighted by atomic mass is 31.2. The summed E-state index contributed by atoms with van der Waals surface area (Å²) in [5.41, 5.74) is 0. The largest absolute Gasteiger partial charge is 0.469 e. The molecular weight excluding hydrogens is 579 g/mol. The predicted molar refractivity (Wildman–Crippen MR) is 179 cm³/mol. The molecule has 0 aliphatic rings. The van der Waals surface area contributed by atoms with Gasteiger partial charge in [0.05, 0.1) is 6.61 Å². The highest BCUT2D eigenvalue weighted by Crippen LogP contribution is 2.36. The Morgan fingerprint density at radius 3 is 1.55 bits per heavy atom. The Morgan fingerprint density at radius 2 is 1.07 bits per heavy atom. The molecule has 44 heavy (non-hydrogen) atoms. The van der Waals surface area contributed by atoms with E-state index in [1.807, 2.05) is 6.08 Å². The minimum atomic E-state index is -4.74. The van der Waals surface area contributed by atoms with Crippen molar-refractivity contribution in [1.29, 1.82) is 0 Å². The number of unbranched alkanes of at least 4 members (excludes halogenated alkanes) is 20. The lowest BCUT2D eigenvalue weighted by atomic mass is 10.0. The standard InChI is InChI=1S/C35H65O8P/c1-3-5-7-9-11-13-15-16-17-18-20-22-24-26-28-30-35(37)43-33(32-42-44(38,39)40)31-41-34(36)29-27-25-23-21-19-14-12-10-8-6-4-2/h3,10,12,33H,1,4-9,11,13-32H2,2H3,(H2,38,39,40)/b12-10+/t33-/m1/s1. The average Bonchev–Trinajstić information content (AvgIpc) is 2.98. The van der Waals surface area contributed by atoms with E-state index in [9.17, 15) is 14.2 Å². The van der Waals surface area contributed by atoms with Crippen LogP contribution in [-0.2, 0) is 28.2 Å². The highest BCUT2D eigenvalue weighted by Gasteiger charge is 2.22. The molecule has 0 aromatic carbocycles. The molecule has 0 fully saturated rings. The molecule has 0 spiro atoms. The van der Waals surface area contributed by atoms with E-state index in [0.717, 1.165) is 64.2 Å². The van der Waals surface area contributed by atoms with Gasteiger partial charge in [-0.3, -0.25) is 14.1 Å². The van der Waals surface area contributed by atoms with Gasteiger partial charge in [0.15, 0.2) is 6.10 Å². The Hall–Kier alpha value is -1.47. The first-order valence-electron chi connectivity index (χ1n) is 17.6. The van der Waals surface area contributed by atoms with E-state index in [-0.39, 0.29) is 19.4 Å². The molecule has 0 aromatic rings. The number of carbonyl (C=O) groups is 2. The topological polar surface area (TPSA) is 119 Å². The second kappa shape index (κ2) is 31.5. The molecule has 0 amide bonds. The fraction of sp³-hybridized carbons (Fsp3) is 0.829. The molecule has 0 heterocycles. The van der Waals surface area contributed by atoms with Crippen LogP contribution in [0.4, 0.5) is 0 Å². The molecule has 0 aromatic heterocycles. The minimum Gasteiger partial charge on any atom is -0.462 e. The molecule has 0 saturated carbocycles. The molecule has 0 rings (SSSR count). The normalized spacial score (nSPS) is 12.4. The van der Waals surface area contributed by atoms with Gasteiger partial charge in [-0.2, -0.15) is 0 Å². The van der Waals surface area contributed by atoms with Gasteiger partial charge in [0.2, 0.25) is 0 Å². The molecular formula is C35H65O8P. The van der Waals surface area contributed by atoms with Crippen LogP contribution in [0.15, 0.2) is 24.8 Å². The van der Waals surface area contributed by atoms with E-state index in [0.29, 0.717) is 12.8 Å². The second-order valence-corrected chi connectivity index (χ2v) is 13.2. The van der Waals surface area contributed by atoms with E-state index in [2.05, 4.69) is 30.2 Å². The van der Waals surface area contributed by atoms with Gasteiger partial charge in [-0.25, -0.2) is 4.57 Å². The summed E-state index contributed by atoms with van der Waals surface area (Å²) in [6, 6.07) is 0. The summed E-state index contributed by atoms with van der Waals surface area (Å²) in [4.78, 5) is 42.5. The van der Waals surface area contributed by atoms with Crippen LogP contribution in [-0.4, -0.2) is 41.0 Å². The van der Waals surface area contributed by atoms with Crippen molar-refractivity contribution < 1.29 is 37.9 Å². The van der Waals surface area contributed by atoms with Crippen molar-refractivity contribution in [2.24, 2.45) is 0 Å². The van der Waals surface area contributed by atoms with Crippen molar-refractivity contribution in [2.75, 3.05) is 13.2 Å². The van der Waals surface area contributed by atoms with Gasteiger partial charge in [-0.1, -0.05) is 128 Å². The van der Waals surface area contributed by atoms with Crippen LogP contribution >= 0.6 is 7.82 Å². The first-order chi connectivity index (χ1) is 21.3. The van der Waals surface area contributed by atoms with Crippen LogP contribution in [0.1, 0.15) is 167 Å². The Morgan fingerprint density at radius 1 is 0.636 bits per heavy atom. The van der Waals surface area contributed by atoms with Crippen LogP contribution in [0.5, 0.6) is 0 Å². The van der Waals surface area contributed by atoms with Crippen LogP contribution in [0.2, 0.25) is 0 Å². The lowest BCUT2D eigenvalue weighted by Gasteiger charge is -2.18. The van der Waals surface area contributed by atoms with Crippen molar-refractivity contribution in [3.05, 3.63) is 24.8 Å². The number of rotatable bonds is 33. The number of esters is 2. The minimum absolute atomic E-state index is 0.210. The van der Waals surface area contributed by atoms with E-state index in [1.165, 1.54) is 70.6 Å². The summed E-state index contributed by atoms with van der Waals surface area (Å²) in [5.74, 6) is -0.898. The number of allylic oxidation sites excluding steroid dienone is 3. The highest BCUT2D eigenvalue weighted by molar-refractivity contribution is 7.46.